The number of tetrazole rings is 1. The number of aromatic nitrogens is 7. The normalized spacial score (nSPS) is 17.6. The van der Waals surface area contributed by atoms with Crippen LogP contribution in [-0.4, -0.2) is 53.2 Å². The van der Waals surface area contributed by atoms with Crippen molar-refractivity contribution in [3.8, 4) is 5.69 Å². The van der Waals surface area contributed by atoms with Gasteiger partial charge in [0.05, 0.1) is 17.9 Å². The SMILES string of the molecule is CC(c1nnnn1-c1ccccc1)N1CCC(Cn2ccnn2)CC1. The first kappa shape index (κ1) is 15.9. The molecule has 4 rings (SSSR count). The van der Waals surface area contributed by atoms with E-state index < -0.39 is 0 Å². The van der Waals surface area contributed by atoms with Gasteiger partial charge in [0.2, 0.25) is 0 Å². The molecule has 8 nitrogen and oxygen atoms in total. The lowest BCUT2D eigenvalue weighted by molar-refractivity contribution is 0.126. The predicted molar refractivity (Wildman–Crippen MR) is 91.9 cm³/mol. The number of nitrogens with zero attached hydrogens (tertiary/aromatic N) is 8. The Kier molecular flexibility index (Phi) is 4.51. The van der Waals surface area contributed by atoms with Crippen LogP contribution in [0.3, 0.4) is 0 Å². The Balaban J connectivity index is 1.41. The van der Waals surface area contributed by atoms with E-state index in [2.05, 4.69) is 37.7 Å². The topological polar surface area (TPSA) is 77.5 Å². The molecular weight excluding hydrogens is 316 g/mol. The first-order valence-electron chi connectivity index (χ1n) is 8.73. The van der Waals surface area contributed by atoms with E-state index in [1.165, 1.54) is 0 Å². The van der Waals surface area contributed by atoms with Crippen LogP contribution >= 0.6 is 0 Å². The van der Waals surface area contributed by atoms with Crippen LogP contribution in [0.15, 0.2) is 42.7 Å². The van der Waals surface area contributed by atoms with Crippen LogP contribution in [0.1, 0.15) is 31.6 Å². The summed E-state index contributed by atoms with van der Waals surface area (Å²) in [7, 11) is 0. The molecule has 1 aliphatic rings. The Morgan fingerprint density at radius 2 is 1.92 bits per heavy atom. The van der Waals surface area contributed by atoms with E-state index in [1.54, 1.807) is 6.20 Å². The van der Waals surface area contributed by atoms with Gasteiger partial charge in [-0.3, -0.25) is 9.58 Å². The summed E-state index contributed by atoms with van der Waals surface area (Å²) in [6, 6.07) is 10.2. The highest BCUT2D eigenvalue weighted by Gasteiger charge is 2.27. The number of para-hydroxylation sites is 1. The molecule has 0 radical (unpaired) electrons. The maximum absolute atomic E-state index is 4.29. The lowest BCUT2D eigenvalue weighted by atomic mass is 9.96. The van der Waals surface area contributed by atoms with Gasteiger partial charge >= 0.3 is 0 Å². The maximum Gasteiger partial charge on any atom is 0.173 e. The van der Waals surface area contributed by atoms with Crippen LogP contribution < -0.4 is 0 Å². The fourth-order valence-corrected chi connectivity index (χ4v) is 3.49. The minimum atomic E-state index is 0.183. The Bertz CT molecular complexity index is 774. The largest absolute Gasteiger partial charge is 0.294 e. The molecule has 1 saturated heterocycles. The van der Waals surface area contributed by atoms with Gasteiger partial charge in [-0.2, -0.15) is 4.68 Å². The molecule has 0 saturated carbocycles. The molecule has 1 aliphatic heterocycles. The maximum atomic E-state index is 4.29. The molecular formula is C17H22N8. The molecule has 3 aromatic rings. The quantitative estimate of drug-likeness (QED) is 0.705. The van der Waals surface area contributed by atoms with Crippen molar-refractivity contribution in [3.05, 3.63) is 48.5 Å². The average molecular weight is 338 g/mol. The van der Waals surface area contributed by atoms with E-state index in [4.69, 9.17) is 0 Å². The van der Waals surface area contributed by atoms with Crippen LogP contribution in [0.5, 0.6) is 0 Å². The predicted octanol–water partition coefficient (Wildman–Crippen LogP) is 1.73. The lowest BCUT2D eigenvalue weighted by Crippen LogP contribution is -2.37. The smallest absolute Gasteiger partial charge is 0.173 e. The van der Waals surface area contributed by atoms with Crippen molar-refractivity contribution in [2.45, 2.75) is 32.4 Å². The van der Waals surface area contributed by atoms with Crippen LogP contribution in [0.25, 0.3) is 5.69 Å². The summed E-state index contributed by atoms with van der Waals surface area (Å²) in [5, 5.41) is 20.3. The Morgan fingerprint density at radius 1 is 1.12 bits per heavy atom. The molecule has 1 unspecified atom stereocenters. The van der Waals surface area contributed by atoms with Crippen LogP contribution in [0, 0.1) is 5.92 Å². The molecule has 3 heterocycles. The third kappa shape index (κ3) is 3.43. The zero-order valence-electron chi connectivity index (χ0n) is 14.3. The first-order valence-corrected chi connectivity index (χ1v) is 8.73. The van der Waals surface area contributed by atoms with E-state index in [0.29, 0.717) is 5.92 Å². The van der Waals surface area contributed by atoms with Crippen LogP contribution in [0.4, 0.5) is 0 Å². The fourth-order valence-electron chi connectivity index (χ4n) is 3.49. The van der Waals surface area contributed by atoms with Gasteiger partial charge in [-0.05, 0) is 61.3 Å². The molecule has 8 heteroatoms. The summed E-state index contributed by atoms with van der Waals surface area (Å²) >= 11 is 0. The molecule has 0 amide bonds. The molecule has 0 bridgehead atoms. The van der Waals surface area contributed by atoms with Crippen molar-refractivity contribution in [2.75, 3.05) is 13.1 Å². The summed E-state index contributed by atoms with van der Waals surface area (Å²) in [6.45, 7) is 5.22. The number of piperidine rings is 1. The van der Waals surface area contributed by atoms with E-state index in [9.17, 15) is 0 Å². The summed E-state index contributed by atoms with van der Waals surface area (Å²) in [6.07, 6.45) is 5.97. The average Bonchev–Trinajstić information content (AvgIpc) is 3.34. The van der Waals surface area contributed by atoms with Crippen molar-refractivity contribution in [1.29, 1.82) is 0 Å². The minimum Gasteiger partial charge on any atom is -0.294 e. The van der Waals surface area contributed by atoms with Crippen molar-refractivity contribution < 1.29 is 0 Å². The zero-order valence-corrected chi connectivity index (χ0v) is 14.3. The molecule has 1 aromatic carbocycles. The number of hydrogen-bond donors (Lipinski definition) is 0. The second-order valence-electron chi connectivity index (χ2n) is 6.56. The van der Waals surface area contributed by atoms with Crippen molar-refractivity contribution in [3.63, 3.8) is 0 Å². The van der Waals surface area contributed by atoms with Gasteiger partial charge in [0.15, 0.2) is 5.82 Å². The number of benzene rings is 1. The Morgan fingerprint density at radius 3 is 2.64 bits per heavy atom. The highest BCUT2D eigenvalue weighted by atomic mass is 15.6. The molecule has 1 atom stereocenters. The summed E-state index contributed by atoms with van der Waals surface area (Å²) < 4.78 is 3.77. The molecule has 0 aliphatic carbocycles. The molecule has 0 N–H and O–H groups in total. The van der Waals surface area contributed by atoms with E-state index in [1.807, 2.05) is 45.9 Å². The molecule has 130 valence electrons. The highest BCUT2D eigenvalue weighted by Crippen LogP contribution is 2.27. The van der Waals surface area contributed by atoms with E-state index in [-0.39, 0.29) is 6.04 Å². The van der Waals surface area contributed by atoms with Crippen molar-refractivity contribution >= 4 is 0 Å². The van der Waals surface area contributed by atoms with Crippen molar-refractivity contribution in [1.82, 2.24) is 40.1 Å². The first-order chi connectivity index (χ1) is 12.3. The van der Waals surface area contributed by atoms with Gasteiger partial charge in [0, 0.05) is 12.7 Å². The van der Waals surface area contributed by atoms with E-state index in [0.717, 1.165) is 44.0 Å². The minimum absolute atomic E-state index is 0.183. The number of hydrogen-bond acceptors (Lipinski definition) is 6. The third-order valence-electron chi connectivity index (χ3n) is 4.98. The van der Waals surface area contributed by atoms with Gasteiger partial charge < -0.3 is 0 Å². The number of likely N-dealkylation sites (tertiary alicyclic amines) is 1. The highest BCUT2D eigenvalue weighted by molar-refractivity contribution is 5.30. The van der Waals surface area contributed by atoms with Gasteiger partial charge in [-0.25, -0.2) is 0 Å². The zero-order chi connectivity index (χ0) is 17.1. The molecule has 0 spiro atoms. The standard InChI is InChI=1S/C17H22N8/c1-14(17-19-20-22-25(17)16-5-3-2-4-6-16)23-10-7-15(8-11-23)13-24-12-9-18-21-24/h2-6,9,12,14-15H,7-8,10-11,13H2,1H3. The second kappa shape index (κ2) is 7.10. The molecule has 25 heavy (non-hydrogen) atoms. The summed E-state index contributed by atoms with van der Waals surface area (Å²) in [5.41, 5.74) is 0.996. The van der Waals surface area contributed by atoms with Crippen LogP contribution in [-0.2, 0) is 6.54 Å². The Labute approximate surface area is 146 Å². The summed E-state index contributed by atoms with van der Waals surface area (Å²) in [4.78, 5) is 2.46. The van der Waals surface area contributed by atoms with Crippen molar-refractivity contribution in [2.24, 2.45) is 5.92 Å². The third-order valence-corrected chi connectivity index (χ3v) is 4.98. The fraction of sp³-hybridized carbons (Fsp3) is 0.471. The lowest BCUT2D eigenvalue weighted by Gasteiger charge is -2.35. The molecule has 2 aromatic heterocycles. The summed E-state index contributed by atoms with van der Waals surface area (Å²) in [5.74, 6) is 1.54. The second-order valence-corrected chi connectivity index (χ2v) is 6.56. The van der Waals surface area contributed by atoms with Gasteiger partial charge in [0.25, 0.3) is 0 Å². The monoisotopic (exact) mass is 338 g/mol. The van der Waals surface area contributed by atoms with E-state index >= 15 is 0 Å². The van der Waals surface area contributed by atoms with Gasteiger partial charge in [-0.1, -0.05) is 23.4 Å². The van der Waals surface area contributed by atoms with Gasteiger partial charge in [0.1, 0.15) is 0 Å². The number of rotatable bonds is 5. The Hall–Kier alpha value is -2.61. The van der Waals surface area contributed by atoms with Gasteiger partial charge in [-0.15, -0.1) is 10.2 Å². The molecule has 1 fully saturated rings. The van der Waals surface area contributed by atoms with Crippen LogP contribution in [0.2, 0.25) is 0 Å².